The molecule has 1 aliphatic heterocycles. The minimum Gasteiger partial charge on any atom is -0.388 e. The highest BCUT2D eigenvalue weighted by molar-refractivity contribution is 5.55. The predicted octanol–water partition coefficient (Wildman–Crippen LogP) is 2.66. The molecule has 1 unspecified atom stereocenters. The van der Waals surface area contributed by atoms with Crippen LogP contribution in [0.4, 0.5) is 5.69 Å². The molecule has 1 aromatic rings. The summed E-state index contributed by atoms with van der Waals surface area (Å²) in [6.07, 6.45) is 0.414. The van der Waals surface area contributed by atoms with Gasteiger partial charge in [0.1, 0.15) is 0 Å². The summed E-state index contributed by atoms with van der Waals surface area (Å²) in [5.74, 6) is 0. The zero-order valence-electron chi connectivity index (χ0n) is 12.3. The second-order valence-electron chi connectivity index (χ2n) is 5.41. The lowest BCUT2D eigenvalue weighted by Gasteiger charge is -2.41. The summed E-state index contributed by atoms with van der Waals surface area (Å²) in [6.45, 7) is 10.9. The van der Waals surface area contributed by atoms with Crippen LogP contribution in [-0.2, 0) is 0 Å². The molecule has 1 saturated heterocycles. The molecule has 0 spiro atoms. The van der Waals surface area contributed by atoms with Crippen molar-refractivity contribution >= 4 is 5.69 Å². The van der Waals surface area contributed by atoms with Crippen molar-refractivity contribution in [1.29, 1.82) is 0 Å². The van der Waals surface area contributed by atoms with Crippen molar-refractivity contribution in [1.82, 2.24) is 4.90 Å². The molecule has 1 fully saturated rings. The SMILES string of the molecule is CC[C@H](O)c1ccccc1N1CCN(CC)C(C)C1. The lowest BCUT2D eigenvalue weighted by atomic mass is 10.0. The third kappa shape index (κ3) is 3.10. The van der Waals surface area contributed by atoms with Crippen LogP contribution in [0.2, 0.25) is 0 Å². The van der Waals surface area contributed by atoms with E-state index in [1.54, 1.807) is 0 Å². The van der Waals surface area contributed by atoms with Gasteiger partial charge in [-0.2, -0.15) is 0 Å². The largest absolute Gasteiger partial charge is 0.388 e. The molecule has 3 heteroatoms. The van der Waals surface area contributed by atoms with Crippen LogP contribution in [0, 0.1) is 0 Å². The lowest BCUT2D eigenvalue weighted by molar-refractivity contribution is 0.172. The summed E-state index contributed by atoms with van der Waals surface area (Å²) in [5.41, 5.74) is 2.28. The van der Waals surface area contributed by atoms with E-state index >= 15 is 0 Å². The number of hydrogen-bond donors (Lipinski definition) is 1. The van der Waals surface area contributed by atoms with Gasteiger partial charge >= 0.3 is 0 Å². The number of para-hydroxylation sites is 1. The molecule has 1 N–H and O–H groups in total. The smallest absolute Gasteiger partial charge is 0.0807 e. The maximum Gasteiger partial charge on any atom is 0.0807 e. The highest BCUT2D eigenvalue weighted by Crippen LogP contribution is 2.29. The van der Waals surface area contributed by atoms with Gasteiger partial charge in [0.2, 0.25) is 0 Å². The number of hydrogen-bond acceptors (Lipinski definition) is 3. The molecule has 0 amide bonds. The molecule has 0 radical (unpaired) electrons. The minimum atomic E-state index is -0.351. The number of rotatable bonds is 4. The van der Waals surface area contributed by atoms with Gasteiger partial charge in [-0.05, 0) is 26.0 Å². The Balaban J connectivity index is 2.19. The summed E-state index contributed by atoms with van der Waals surface area (Å²) in [4.78, 5) is 4.93. The fraction of sp³-hybridized carbons (Fsp3) is 0.625. The molecule has 2 atom stereocenters. The molecule has 19 heavy (non-hydrogen) atoms. The molecule has 106 valence electrons. The number of aliphatic hydroxyl groups excluding tert-OH is 1. The van der Waals surface area contributed by atoms with Gasteiger partial charge in [0.05, 0.1) is 6.10 Å². The van der Waals surface area contributed by atoms with E-state index in [2.05, 4.69) is 41.8 Å². The zero-order valence-corrected chi connectivity index (χ0v) is 12.3. The van der Waals surface area contributed by atoms with E-state index in [9.17, 15) is 5.11 Å². The number of aliphatic hydroxyl groups is 1. The van der Waals surface area contributed by atoms with Gasteiger partial charge in [-0.15, -0.1) is 0 Å². The summed E-state index contributed by atoms with van der Waals surface area (Å²) < 4.78 is 0. The minimum absolute atomic E-state index is 0.351. The fourth-order valence-electron chi connectivity index (χ4n) is 2.96. The van der Waals surface area contributed by atoms with Crippen molar-refractivity contribution in [3.8, 4) is 0 Å². The van der Waals surface area contributed by atoms with E-state index in [0.717, 1.165) is 38.2 Å². The van der Waals surface area contributed by atoms with E-state index in [1.165, 1.54) is 5.69 Å². The fourth-order valence-corrected chi connectivity index (χ4v) is 2.96. The summed E-state index contributed by atoms with van der Waals surface area (Å²) in [7, 11) is 0. The molecule has 0 saturated carbocycles. The van der Waals surface area contributed by atoms with E-state index in [0.29, 0.717) is 6.04 Å². The van der Waals surface area contributed by atoms with Gasteiger partial charge in [-0.1, -0.05) is 32.0 Å². The number of nitrogens with zero attached hydrogens (tertiary/aromatic N) is 2. The first-order valence-electron chi connectivity index (χ1n) is 7.43. The van der Waals surface area contributed by atoms with Crippen LogP contribution in [0.5, 0.6) is 0 Å². The lowest BCUT2D eigenvalue weighted by Crippen LogP contribution is -2.52. The van der Waals surface area contributed by atoms with Gasteiger partial charge in [0, 0.05) is 36.9 Å². The topological polar surface area (TPSA) is 26.7 Å². The van der Waals surface area contributed by atoms with E-state index in [4.69, 9.17) is 0 Å². The molecule has 1 aromatic carbocycles. The first-order chi connectivity index (χ1) is 9.17. The number of piperazine rings is 1. The van der Waals surface area contributed by atoms with E-state index in [-0.39, 0.29) is 6.10 Å². The third-order valence-corrected chi connectivity index (χ3v) is 4.19. The van der Waals surface area contributed by atoms with Crippen LogP contribution >= 0.6 is 0 Å². The standard InChI is InChI=1S/C16H26N2O/c1-4-16(19)14-8-6-7-9-15(14)18-11-10-17(5-2)13(3)12-18/h6-9,13,16,19H,4-5,10-12H2,1-3H3/t13?,16-/m0/s1. The molecule has 1 heterocycles. The highest BCUT2D eigenvalue weighted by Gasteiger charge is 2.24. The summed E-state index contributed by atoms with van der Waals surface area (Å²) >= 11 is 0. The summed E-state index contributed by atoms with van der Waals surface area (Å²) in [5, 5.41) is 10.2. The van der Waals surface area contributed by atoms with Crippen molar-refractivity contribution in [2.45, 2.75) is 39.3 Å². The van der Waals surface area contributed by atoms with Crippen molar-refractivity contribution in [2.75, 3.05) is 31.1 Å². The Morgan fingerprint density at radius 2 is 2.00 bits per heavy atom. The molecule has 2 rings (SSSR count). The molecule has 1 aliphatic rings. The Morgan fingerprint density at radius 3 is 2.63 bits per heavy atom. The Bertz CT molecular complexity index is 407. The summed E-state index contributed by atoms with van der Waals surface area (Å²) in [6, 6.07) is 8.86. The van der Waals surface area contributed by atoms with Crippen molar-refractivity contribution in [3.05, 3.63) is 29.8 Å². The third-order valence-electron chi connectivity index (χ3n) is 4.19. The maximum absolute atomic E-state index is 10.2. The van der Waals surface area contributed by atoms with E-state index < -0.39 is 0 Å². The van der Waals surface area contributed by atoms with Crippen molar-refractivity contribution in [2.24, 2.45) is 0 Å². The first-order valence-corrected chi connectivity index (χ1v) is 7.43. The molecule has 0 aromatic heterocycles. The van der Waals surface area contributed by atoms with Crippen LogP contribution in [0.15, 0.2) is 24.3 Å². The molecule has 0 bridgehead atoms. The molecule has 0 aliphatic carbocycles. The number of benzene rings is 1. The molecular weight excluding hydrogens is 236 g/mol. The van der Waals surface area contributed by atoms with Crippen molar-refractivity contribution in [3.63, 3.8) is 0 Å². The predicted molar refractivity (Wildman–Crippen MR) is 80.6 cm³/mol. The Hall–Kier alpha value is -1.06. The van der Waals surface area contributed by atoms with Crippen LogP contribution in [0.3, 0.4) is 0 Å². The second-order valence-corrected chi connectivity index (χ2v) is 5.41. The maximum atomic E-state index is 10.2. The second kappa shape index (κ2) is 6.40. The molecular formula is C16H26N2O. The van der Waals surface area contributed by atoms with Gasteiger partial charge < -0.3 is 10.0 Å². The van der Waals surface area contributed by atoms with Crippen LogP contribution in [-0.4, -0.2) is 42.2 Å². The van der Waals surface area contributed by atoms with Gasteiger partial charge in [0.15, 0.2) is 0 Å². The Labute approximate surface area is 116 Å². The quantitative estimate of drug-likeness (QED) is 0.903. The average Bonchev–Trinajstić information content (AvgIpc) is 2.46. The van der Waals surface area contributed by atoms with Gasteiger partial charge in [-0.25, -0.2) is 0 Å². The van der Waals surface area contributed by atoms with Gasteiger partial charge in [-0.3, -0.25) is 4.90 Å². The van der Waals surface area contributed by atoms with Gasteiger partial charge in [0.25, 0.3) is 0 Å². The van der Waals surface area contributed by atoms with Crippen LogP contribution in [0.25, 0.3) is 0 Å². The van der Waals surface area contributed by atoms with Crippen LogP contribution < -0.4 is 4.90 Å². The van der Waals surface area contributed by atoms with E-state index in [1.807, 2.05) is 13.0 Å². The average molecular weight is 262 g/mol. The van der Waals surface area contributed by atoms with Crippen LogP contribution in [0.1, 0.15) is 38.9 Å². The number of anilines is 1. The highest BCUT2D eigenvalue weighted by atomic mass is 16.3. The Kier molecular flexibility index (Phi) is 4.83. The normalized spacial score (nSPS) is 22.5. The van der Waals surface area contributed by atoms with Crippen molar-refractivity contribution < 1.29 is 5.11 Å². The monoisotopic (exact) mass is 262 g/mol. The molecule has 3 nitrogen and oxygen atoms in total. The zero-order chi connectivity index (χ0) is 13.8. The first kappa shape index (κ1) is 14.4. The number of likely N-dealkylation sites (N-methyl/N-ethyl adjacent to an activating group) is 1. The Morgan fingerprint density at radius 1 is 1.26 bits per heavy atom.